The van der Waals surface area contributed by atoms with Crippen LogP contribution < -0.4 is 10.9 Å². The SMILES string of the molecule is CCCn1c2ccccc2c2cnn(CC(=O)Nc3cccc(C(C)=O)c3)c(=O)c21. The van der Waals surface area contributed by atoms with Crippen molar-refractivity contribution in [3.05, 3.63) is 70.6 Å². The number of rotatable bonds is 6. The molecule has 2 aromatic heterocycles. The molecule has 0 aliphatic rings. The maximum Gasteiger partial charge on any atom is 0.291 e. The number of carbonyl (C=O) groups is 2. The van der Waals surface area contributed by atoms with E-state index in [2.05, 4.69) is 17.3 Å². The number of anilines is 1. The van der Waals surface area contributed by atoms with Crippen LogP contribution in [0.15, 0.2) is 59.5 Å². The molecule has 0 saturated heterocycles. The van der Waals surface area contributed by atoms with Gasteiger partial charge in [-0.15, -0.1) is 0 Å². The van der Waals surface area contributed by atoms with E-state index in [1.165, 1.54) is 11.6 Å². The molecule has 0 spiro atoms. The first-order valence-electron chi connectivity index (χ1n) is 9.87. The quantitative estimate of drug-likeness (QED) is 0.499. The number of nitrogens with zero attached hydrogens (tertiary/aromatic N) is 3. The first-order chi connectivity index (χ1) is 14.5. The molecule has 30 heavy (non-hydrogen) atoms. The molecule has 0 saturated carbocycles. The Kier molecular flexibility index (Phi) is 5.18. The fourth-order valence-corrected chi connectivity index (χ4v) is 3.71. The lowest BCUT2D eigenvalue weighted by molar-refractivity contribution is -0.117. The number of para-hydroxylation sites is 1. The lowest BCUT2D eigenvalue weighted by atomic mass is 10.1. The van der Waals surface area contributed by atoms with E-state index in [4.69, 9.17) is 0 Å². The molecule has 0 aliphatic carbocycles. The Balaban J connectivity index is 1.69. The number of hydrogen-bond donors (Lipinski definition) is 1. The van der Waals surface area contributed by atoms with Gasteiger partial charge in [-0.05, 0) is 31.5 Å². The van der Waals surface area contributed by atoms with E-state index in [0.29, 0.717) is 23.3 Å². The number of ketones is 1. The zero-order chi connectivity index (χ0) is 21.3. The third-order valence-electron chi connectivity index (χ3n) is 5.07. The molecule has 7 nitrogen and oxygen atoms in total. The van der Waals surface area contributed by atoms with Gasteiger partial charge in [-0.2, -0.15) is 5.10 Å². The van der Waals surface area contributed by atoms with Crippen molar-refractivity contribution < 1.29 is 9.59 Å². The van der Waals surface area contributed by atoms with Crippen LogP contribution in [-0.4, -0.2) is 26.0 Å². The van der Waals surface area contributed by atoms with E-state index in [1.807, 2.05) is 28.8 Å². The second-order valence-electron chi connectivity index (χ2n) is 7.22. The Morgan fingerprint density at radius 1 is 1.07 bits per heavy atom. The predicted octanol–water partition coefficient (Wildman–Crippen LogP) is 3.60. The van der Waals surface area contributed by atoms with Crippen LogP contribution in [0.1, 0.15) is 30.6 Å². The fourth-order valence-electron chi connectivity index (χ4n) is 3.71. The summed E-state index contributed by atoms with van der Waals surface area (Å²) in [4.78, 5) is 37.2. The minimum absolute atomic E-state index is 0.0850. The van der Waals surface area contributed by atoms with Crippen molar-refractivity contribution in [3.63, 3.8) is 0 Å². The highest BCUT2D eigenvalue weighted by Crippen LogP contribution is 2.26. The summed E-state index contributed by atoms with van der Waals surface area (Å²) in [6.45, 7) is 4.01. The maximum atomic E-state index is 13.2. The third kappa shape index (κ3) is 3.50. The summed E-state index contributed by atoms with van der Waals surface area (Å²) in [5, 5.41) is 8.73. The normalized spacial score (nSPS) is 11.1. The van der Waals surface area contributed by atoms with Gasteiger partial charge in [0.1, 0.15) is 12.1 Å². The highest BCUT2D eigenvalue weighted by atomic mass is 16.2. The highest BCUT2D eigenvalue weighted by molar-refractivity contribution is 6.07. The van der Waals surface area contributed by atoms with Gasteiger partial charge in [-0.1, -0.05) is 37.3 Å². The Labute approximate surface area is 172 Å². The van der Waals surface area contributed by atoms with E-state index in [9.17, 15) is 14.4 Å². The number of nitrogens with one attached hydrogen (secondary N) is 1. The Bertz CT molecular complexity index is 1330. The molecule has 0 bridgehead atoms. The molecule has 0 radical (unpaired) electrons. The fraction of sp³-hybridized carbons (Fsp3) is 0.217. The second-order valence-corrected chi connectivity index (χ2v) is 7.22. The van der Waals surface area contributed by atoms with Gasteiger partial charge in [0.05, 0.1) is 6.20 Å². The van der Waals surface area contributed by atoms with Crippen LogP contribution in [-0.2, 0) is 17.9 Å². The number of benzene rings is 2. The monoisotopic (exact) mass is 402 g/mol. The molecule has 7 heteroatoms. The molecule has 4 rings (SSSR count). The zero-order valence-electron chi connectivity index (χ0n) is 16.9. The summed E-state index contributed by atoms with van der Waals surface area (Å²) in [5.41, 5.74) is 2.25. The van der Waals surface area contributed by atoms with Gasteiger partial charge in [0.2, 0.25) is 5.91 Å². The van der Waals surface area contributed by atoms with E-state index in [1.54, 1.807) is 30.5 Å². The predicted molar refractivity (Wildman–Crippen MR) is 117 cm³/mol. The topological polar surface area (TPSA) is 86.0 Å². The Hall–Kier alpha value is -3.74. The van der Waals surface area contributed by atoms with Crippen molar-refractivity contribution in [1.82, 2.24) is 14.3 Å². The van der Waals surface area contributed by atoms with Gasteiger partial charge < -0.3 is 9.88 Å². The lowest BCUT2D eigenvalue weighted by Crippen LogP contribution is -2.30. The average molecular weight is 402 g/mol. The van der Waals surface area contributed by atoms with Gasteiger partial charge >= 0.3 is 0 Å². The molecule has 0 atom stereocenters. The summed E-state index contributed by atoms with van der Waals surface area (Å²) < 4.78 is 3.18. The van der Waals surface area contributed by atoms with Gasteiger partial charge in [0.25, 0.3) is 5.56 Å². The molecule has 1 amide bonds. The highest BCUT2D eigenvalue weighted by Gasteiger charge is 2.16. The Morgan fingerprint density at radius 2 is 1.87 bits per heavy atom. The molecule has 1 N–H and O–H groups in total. The third-order valence-corrected chi connectivity index (χ3v) is 5.07. The standard InChI is InChI=1S/C23H22N4O3/c1-3-11-26-20-10-5-4-9-18(20)19-13-24-27(23(30)22(19)26)14-21(29)25-17-8-6-7-16(12-17)15(2)28/h4-10,12-13H,3,11,14H2,1-2H3,(H,25,29). The van der Waals surface area contributed by atoms with E-state index in [0.717, 1.165) is 22.7 Å². The molecular weight excluding hydrogens is 380 g/mol. The summed E-state index contributed by atoms with van der Waals surface area (Å²) >= 11 is 0. The molecule has 2 heterocycles. The van der Waals surface area contributed by atoms with Crippen LogP contribution >= 0.6 is 0 Å². The van der Waals surface area contributed by atoms with Crippen LogP contribution in [0, 0.1) is 0 Å². The van der Waals surface area contributed by atoms with Crippen LogP contribution in [0.2, 0.25) is 0 Å². The number of aryl methyl sites for hydroxylation is 1. The van der Waals surface area contributed by atoms with Crippen molar-refractivity contribution in [2.45, 2.75) is 33.4 Å². The second kappa shape index (κ2) is 7.94. The molecule has 0 fully saturated rings. The minimum Gasteiger partial charge on any atom is -0.336 e. The van der Waals surface area contributed by atoms with Crippen molar-refractivity contribution in [3.8, 4) is 0 Å². The van der Waals surface area contributed by atoms with Gasteiger partial charge in [-0.25, -0.2) is 4.68 Å². The summed E-state index contributed by atoms with van der Waals surface area (Å²) in [6, 6.07) is 14.5. The van der Waals surface area contributed by atoms with Crippen molar-refractivity contribution >= 4 is 39.2 Å². The van der Waals surface area contributed by atoms with E-state index < -0.39 is 0 Å². The molecule has 4 aromatic rings. The summed E-state index contributed by atoms with van der Waals surface area (Å²) in [5.74, 6) is -0.471. The zero-order valence-corrected chi connectivity index (χ0v) is 16.9. The number of amides is 1. The first kappa shape index (κ1) is 19.6. The average Bonchev–Trinajstić information content (AvgIpc) is 3.05. The molecule has 2 aromatic carbocycles. The largest absolute Gasteiger partial charge is 0.336 e. The van der Waals surface area contributed by atoms with Crippen molar-refractivity contribution in [1.29, 1.82) is 0 Å². The lowest BCUT2D eigenvalue weighted by Gasteiger charge is -2.09. The van der Waals surface area contributed by atoms with Crippen LogP contribution in [0.4, 0.5) is 5.69 Å². The maximum absolute atomic E-state index is 13.2. The molecule has 152 valence electrons. The van der Waals surface area contributed by atoms with Gasteiger partial charge in [-0.3, -0.25) is 14.4 Å². The molecule has 0 aliphatic heterocycles. The number of aromatic nitrogens is 3. The van der Waals surface area contributed by atoms with E-state index in [-0.39, 0.29) is 23.8 Å². The number of hydrogen-bond acceptors (Lipinski definition) is 4. The number of carbonyl (C=O) groups excluding carboxylic acids is 2. The van der Waals surface area contributed by atoms with Crippen molar-refractivity contribution in [2.75, 3.05) is 5.32 Å². The van der Waals surface area contributed by atoms with Crippen LogP contribution in [0.25, 0.3) is 21.8 Å². The van der Waals surface area contributed by atoms with Crippen LogP contribution in [0.5, 0.6) is 0 Å². The van der Waals surface area contributed by atoms with Gasteiger partial charge in [0, 0.05) is 34.1 Å². The minimum atomic E-state index is -0.386. The Morgan fingerprint density at radius 3 is 2.63 bits per heavy atom. The first-order valence-corrected chi connectivity index (χ1v) is 9.87. The molecular formula is C23H22N4O3. The summed E-state index contributed by atoms with van der Waals surface area (Å²) in [7, 11) is 0. The summed E-state index contributed by atoms with van der Waals surface area (Å²) in [6.07, 6.45) is 2.53. The number of fused-ring (bicyclic) bond motifs is 3. The molecule has 0 unspecified atom stereocenters. The van der Waals surface area contributed by atoms with Crippen LogP contribution in [0.3, 0.4) is 0 Å². The number of Topliss-reactive ketones (excluding diaryl/α,β-unsaturated/α-hetero) is 1. The van der Waals surface area contributed by atoms with Crippen molar-refractivity contribution in [2.24, 2.45) is 0 Å². The van der Waals surface area contributed by atoms with Gasteiger partial charge in [0.15, 0.2) is 5.78 Å². The van der Waals surface area contributed by atoms with E-state index >= 15 is 0 Å². The smallest absolute Gasteiger partial charge is 0.291 e.